The van der Waals surface area contributed by atoms with E-state index in [9.17, 15) is 4.79 Å². The molecule has 1 fully saturated rings. The molecule has 7 heteroatoms. The summed E-state index contributed by atoms with van der Waals surface area (Å²) < 4.78 is 0. The minimum atomic E-state index is -0.286. The van der Waals surface area contributed by atoms with Crippen molar-refractivity contribution in [3.05, 3.63) is 48.2 Å². The van der Waals surface area contributed by atoms with Gasteiger partial charge in [0.15, 0.2) is 0 Å². The van der Waals surface area contributed by atoms with E-state index in [0.717, 1.165) is 47.5 Å². The lowest BCUT2D eigenvalue weighted by atomic mass is 9.90. The molecule has 4 rings (SSSR count). The van der Waals surface area contributed by atoms with Crippen molar-refractivity contribution in [3.8, 4) is 0 Å². The number of nitrogens with zero attached hydrogens (tertiary/aromatic N) is 2. The number of anilines is 2. The van der Waals surface area contributed by atoms with Gasteiger partial charge in [0.1, 0.15) is 5.82 Å². The summed E-state index contributed by atoms with van der Waals surface area (Å²) in [5.74, 6) is 1.06. The van der Waals surface area contributed by atoms with Crippen LogP contribution in [0.4, 0.5) is 16.3 Å². The number of nitrogens with one attached hydrogen (secondary N) is 3. The molecule has 0 unspecified atom stereocenters. The lowest BCUT2D eigenvalue weighted by molar-refractivity contribution is 0.172. The summed E-state index contributed by atoms with van der Waals surface area (Å²) in [6.45, 7) is 11.1. The van der Waals surface area contributed by atoms with Crippen molar-refractivity contribution in [3.63, 3.8) is 0 Å². The molecule has 3 heterocycles. The quantitative estimate of drug-likeness (QED) is 0.385. The second kappa shape index (κ2) is 9.96. The van der Waals surface area contributed by atoms with Crippen LogP contribution in [0, 0.1) is 0 Å². The Balaban J connectivity index is 1.44. The first kappa shape index (κ1) is 22.7. The smallest absolute Gasteiger partial charge is 0.324 e. The van der Waals surface area contributed by atoms with Gasteiger partial charge < -0.3 is 15.2 Å². The van der Waals surface area contributed by atoms with Gasteiger partial charge in [0.25, 0.3) is 0 Å². The fraction of sp³-hybridized carbons (Fsp3) is 0.440. The number of rotatable bonds is 6. The van der Waals surface area contributed by atoms with E-state index in [1.807, 2.05) is 30.3 Å². The van der Waals surface area contributed by atoms with E-state index in [-0.39, 0.29) is 6.03 Å². The van der Waals surface area contributed by atoms with Crippen LogP contribution < -0.4 is 10.6 Å². The van der Waals surface area contributed by atoms with E-state index < -0.39 is 0 Å². The SMILES string of the molecule is CC(C)Sc1cccc(NC(=O)Nc2ccc3[nH]cc(C4CCN(C(C)C)CC4)c3n2)c1. The minimum Gasteiger partial charge on any atom is -0.360 e. The summed E-state index contributed by atoms with van der Waals surface area (Å²) in [5, 5.41) is 6.31. The van der Waals surface area contributed by atoms with E-state index >= 15 is 0 Å². The van der Waals surface area contributed by atoms with Gasteiger partial charge in [0.05, 0.1) is 11.0 Å². The maximum Gasteiger partial charge on any atom is 0.324 e. The molecule has 0 spiro atoms. The number of benzene rings is 1. The Morgan fingerprint density at radius 2 is 1.91 bits per heavy atom. The number of aromatic amines is 1. The maximum atomic E-state index is 12.6. The monoisotopic (exact) mass is 451 g/mol. The van der Waals surface area contributed by atoms with Gasteiger partial charge in [-0.05, 0) is 81.6 Å². The van der Waals surface area contributed by atoms with Crippen LogP contribution in [0.1, 0.15) is 52.0 Å². The Bertz CT molecular complexity index is 1070. The zero-order valence-corrected chi connectivity index (χ0v) is 20.1. The third-order valence-corrected chi connectivity index (χ3v) is 6.95. The van der Waals surface area contributed by atoms with Crippen LogP contribution in [0.15, 0.2) is 47.5 Å². The van der Waals surface area contributed by atoms with E-state index in [1.54, 1.807) is 11.8 Å². The number of pyridine rings is 1. The number of likely N-dealkylation sites (tertiary alicyclic amines) is 1. The Labute approximate surface area is 194 Å². The lowest BCUT2D eigenvalue weighted by Crippen LogP contribution is -2.37. The van der Waals surface area contributed by atoms with Gasteiger partial charge >= 0.3 is 6.03 Å². The lowest BCUT2D eigenvalue weighted by Gasteiger charge is -2.34. The predicted molar refractivity (Wildman–Crippen MR) is 135 cm³/mol. The molecule has 3 N–H and O–H groups in total. The fourth-order valence-electron chi connectivity index (χ4n) is 4.33. The number of carbonyl (C=O) groups excluding carboxylic acids is 1. The summed E-state index contributed by atoms with van der Waals surface area (Å²) in [7, 11) is 0. The van der Waals surface area contributed by atoms with Crippen LogP contribution in [0.2, 0.25) is 0 Å². The summed E-state index contributed by atoms with van der Waals surface area (Å²) in [6.07, 6.45) is 4.36. The maximum absolute atomic E-state index is 12.6. The summed E-state index contributed by atoms with van der Waals surface area (Å²) in [4.78, 5) is 24.4. The van der Waals surface area contributed by atoms with Gasteiger partial charge in [0.2, 0.25) is 0 Å². The van der Waals surface area contributed by atoms with E-state index in [2.05, 4.69) is 60.5 Å². The largest absolute Gasteiger partial charge is 0.360 e. The average molecular weight is 452 g/mol. The van der Waals surface area contributed by atoms with Gasteiger partial charge in [-0.25, -0.2) is 9.78 Å². The number of thioether (sulfide) groups is 1. The van der Waals surface area contributed by atoms with E-state index in [1.165, 1.54) is 5.56 Å². The number of amides is 2. The molecule has 6 nitrogen and oxygen atoms in total. The Morgan fingerprint density at radius 3 is 2.62 bits per heavy atom. The summed E-state index contributed by atoms with van der Waals surface area (Å²) >= 11 is 1.77. The number of piperidine rings is 1. The zero-order valence-electron chi connectivity index (χ0n) is 19.3. The molecule has 0 atom stereocenters. The number of carbonyl (C=O) groups is 1. The molecule has 1 saturated heterocycles. The predicted octanol–water partition coefficient (Wildman–Crippen LogP) is 6.30. The molecule has 170 valence electrons. The number of hydrogen-bond donors (Lipinski definition) is 3. The first-order valence-corrected chi connectivity index (χ1v) is 12.3. The third kappa shape index (κ3) is 5.45. The van der Waals surface area contributed by atoms with Crippen LogP contribution in [0.3, 0.4) is 0 Å². The van der Waals surface area contributed by atoms with Crippen molar-refractivity contribution in [2.45, 2.75) is 62.6 Å². The number of hydrogen-bond acceptors (Lipinski definition) is 4. The molecular formula is C25H33N5OS. The number of aromatic nitrogens is 2. The van der Waals surface area contributed by atoms with Crippen molar-refractivity contribution in [1.29, 1.82) is 0 Å². The molecule has 0 radical (unpaired) electrons. The highest BCUT2D eigenvalue weighted by Crippen LogP contribution is 2.33. The Hall–Kier alpha value is -2.51. The molecule has 0 bridgehead atoms. The van der Waals surface area contributed by atoms with Crippen LogP contribution >= 0.6 is 11.8 Å². The van der Waals surface area contributed by atoms with Crippen LogP contribution in [-0.4, -0.2) is 45.3 Å². The van der Waals surface area contributed by atoms with E-state index in [4.69, 9.17) is 4.98 Å². The van der Waals surface area contributed by atoms with E-state index in [0.29, 0.717) is 23.0 Å². The van der Waals surface area contributed by atoms with Crippen molar-refractivity contribution in [2.75, 3.05) is 23.7 Å². The normalized spacial score (nSPS) is 15.6. The first-order valence-electron chi connectivity index (χ1n) is 11.5. The number of urea groups is 1. The van der Waals surface area contributed by atoms with Crippen molar-refractivity contribution in [1.82, 2.24) is 14.9 Å². The minimum absolute atomic E-state index is 0.286. The second-order valence-corrected chi connectivity index (χ2v) is 10.7. The highest BCUT2D eigenvalue weighted by molar-refractivity contribution is 7.99. The molecule has 0 saturated carbocycles. The highest BCUT2D eigenvalue weighted by Gasteiger charge is 2.24. The van der Waals surface area contributed by atoms with Crippen molar-refractivity contribution < 1.29 is 4.79 Å². The molecule has 32 heavy (non-hydrogen) atoms. The van der Waals surface area contributed by atoms with Crippen LogP contribution in [-0.2, 0) is 0 Å². The Kier molecular flexibility index (Phi) is 7.06. The van der Waals surface area contributed by atoms with Gasteiger partial charge in [-0.2, -0.15) is 0 Å². The van der Waals surface area contributed by atoms with Gasteiger partial charge in [-0.1, -0.05) is 19.9 Å². The third-order valence-electron chi connectivity index (χ3n) is 5.96. The topological polar surface area (TPSA) is 73.1 Å². The molecule has 1 aromatic carbocycles. The molecular weight excluding hydrogens is 418 g/mol. The summed E-state index contributed by atoms with van der Waals surface area (Å²) in [6, 6.07) is 12.0. The number of fused-ring (bicyclic) bond motifs is 1. The van der Waals surface area contributed by atoms with Crippen LogP contribution in [0.5, 0.6) is 0 Å². The zero-order chi connectivity index (χ0) is 22.7. The van der Waals surface area contributed by atoms with Gasteiger partial charge in [0, 0.05) is 28.1 Å². The van der Waals surface area contributed by atoms with Crippen molar-refractivity contribution >= 4 is 40.3 Å². The number of H-pyrrole nitrogens is 1. The molecule has 3 aromatic rings. The molecule has 0 aliphatic carbocycles. The standard InChI is InChI=1S/C25H33N5OS/c1-16(2)30-12-10-18(11-13-30)21-15-26-22-8-9-23(28-24(21)22)29-25(31)27-19-6-5-7-20(14-19)32-17(3)4/h5-9,14-18,26H,10-13H2,1-4H3,(H2,27,28,29,31). The fourth-order valence-corrected chi connectivity index (χ4v) is 5.22. The molecule has 2 aromatic heterocycles. The summed E-state index contributed by atoms with van der Waals surface area (Å²) in [5.41, 5.74) is 4.00. The highest BCUT2D eigenvalue weighted by atomic mass is 32.2. The molecule has 1 aliphatic rings. The molecule has 2 amide bonds. The second-order valence-electron chi connectivity index (χ2n) is 9.01. The van der Waals surface area contributed by atoms with Crippen LogP contribution in [0.25, 0.3) is 11.0 Å². The van der Waals surface area contributed by atoms with Crippen molar-refractivity contribution in [2.24, 2.45) is 0 Å². The van der Waals surface area contributed by atoms with Gasteiger partial charge in [-0.15, -0.1) is 11.8 Å². The van der Waals surface area contributed by atoms with Gasteiger partial charge in [-0.3, -0.25) is 5.32 Å². The Morgan fingerprint density at radius 1 is 1.12 bits per heavy atom. The average Bonchev–Trinajstić information content (AvgIpc) is 3.16. The first-order chi connectivity index (χ1) is 15.4. The molecule has 1 aliphatic heterocycles.